The van der Waals surface area contributed by atoms with Crippen molar-refractivity contribution in [3.8, 4) is 0 Å². The van der Waals surface area contributed by atoms with Gasteiger partial charge in [-0.15, -0.1) is 11.8 Å². The van der Waals surface area contributed by atoms with E-state index < -0.39 is 0 Å². The fourth-order valence-corrected chi connectivity index (χ4v) is 2.39. The van der Waals surface area contributed by atoms with Crippen LogP contribution in [0.4, 0.5) is 11.5 Å². The molecule has 2 rings (SSSR count). The molecule has 116 valence electrons. The summed E-state index contributed by atoms with van der Waals surface area (Å²) in [7, 11) is 0. The number of aryl methyl sites for hydroxylation is 1. The Kier molecular flexibility index (Phi) is 5.85. The van der Waals surface area contributed by atoms with Crippen molar-refractivity contribution in [1.29, 1.82) is 0 Å². The van der Waals surface area contributed by atoms with Gasteiger partial charge in [-0.25, -0.2) is 0 Å². The van der Waals surface area contributed by atoms with E-state index in [0.717, 1.165) is 0 Å². The van der Waals surface area contributed by atoms with Crippen molar-refractivity contribution in [2.45, 2.75) is 6.92 Å². The number of aromatic nitrogens is 1. The van der Waals surface area contributed by atoms with Gasteiger partial charge in [0.1, 0.15) is 5.76 Å². The second-order valence-corrected chi connectivity index (χ2v) is 5.78. The highest BCUT2D eigenvalue weighted by molar-refractivity contribution is 8.00. The quantitative estimate of drug-likeness (QED) is 0.845. The van der Waals surface area contributed by atoms with E-state index in [0.29, 0.717) is 22.3 Å². The first-order valence-corrected chi connectivity index (χ1v) is 7.93. The fourth-order valence-electron chi connectivity index (χ4n) is 1.59. The van der Waals surface area contributed by atoms with Crippen LogP contribution in [0.1, 0.15) is 5.76 Å². The van der Waals surface area contributed by atoms with Gasteiger partial charge in [-0.3, -0.25) is 9.59 Å². The Bertz CT molecular complexity index is 675. The zero-order valence-electron chi connectivity index (χ0n) is 11.8. The molecular weight excluding hydrogens is 326 g/mol. The number of thioether (sulfide) groups is 1. The van der Waals surface area contributed by atoms with Gasteiger partial charge in [-0.2, -0.15) is 0 Å². The van der Waals surface area contributed by atoms with Gasteiger partial charge in [0.15, 0.2) is 5.82 Å². The number of halogens is 1. The highest BCUT2D eigenvalue weighted by atomic mass is 35.5. The van der Waals surface area contributed by atoms with Crippen LogP contribution >= 0.6 is 23.4 Å². The van der Waals surface area contributed by atoms with Crippen molar-refractivity contribution in [2.24, 2.45) is 0 Å². The maximum atomic E-state index is 11.8. The average Bonchev–Trinajstić information content (AvgIpc) is 2.86. The van der Waals surface area contributed by atoms with E-state index in [4.69, 9.17) is 16.1 Å². The van der Waals surface area contributed by atoms with Gasteiger partial charge in [0.05, 0.1) is 22.2 Å². The third-order valence-corrected chi connectivity index (χ3v) is 3.77. The summed E-state index contributed by atoms with van der Waals surface area (Å²) in [5, 5.41) is 9.39. The van der Waals surface area contributed by atoms with Crippen molar-refractivity contribution in [2.75, 3.05) is 22.1 Å². The van der Waals surface area contributed by atoms with E-state index in [1.807, 2.05) is 0 Å². The third-order valence-electron chi connectivity index (χ3n) is 2.51. The molecule has 0 aliphatic carbocycles. The molecule has 1 aromatic carbocycles. The molecule has 2 aromatic rings. The van der Waals surface area contributed by atoms with E-state index in [2.05, 4.69) is 15.8 Å². The molecule has 2 amide bonds. The van der Waals surface area contributed by atoms with Crippen molar-refractivity contribution in [3.63, 3.8) is 0 Å². The van der Waals surface area contributed by atoms with E-state index >= 15 is 0 Å². The van der Waals surface area contributed by atoms with Gasteiger partial charge >= 0.3 is 0 Å². The van der Waals surface area contributed by atoms with Crippen molar-refractivity contribution in [3.05, 3.63) is 41.1 Å². The number of nitrogens with zero attached hydrogens (tertiary/aromatic N) is 1. The minimum absolute atomic E-state index is 0.141. The highest BCUT2D eigenvalue weighted by Gasteiger charge is 2.09. The zero-order chi connectivity index (χ0) is 15.9. The van der Waals surface area contributed by atoms with Crippen LogP contribution in [0.5, 0.6) is 0 Å². The number of amides is 2. The lowest BCUT2D eigenvalue weighted by molar-refractivity contribution is -0.114. The summed E-state index contributed by atoms with van der Waals surface area (Å²) in [6, 6.07) is 8.58. The summed E-state index contributed by atoms with van der Waals surface area (Å²) in [6.45, 7) is 1.73. The van der Waals surface area contributed by atoms with Gasteiger partial charge < -0.3 is 15.2 Å². The normalized spacial score (nSPS) is 10.3. The first kappa shape index (κ1) is 16.4. The topological polar surface area (TPSA) is 84.2 Å². The molecule has 0 unspecified atom stereocenters. The van der Waals surface area contributed by atoms with Crippen LogP contribution in [0, 0.1) is 6.92 Å². The molecule has 0 spiro atoms. The molecule has 0 saturated heterocycles. The van der Waals surface area contributed by atoms with Crippen LogP contribution in [-0.2, 0) is 9.59 Å². The van der Waals surface area contributed by atoms with E-state index in [1.165, 1.54) is 11.8 Å². The van der Waals surface area contributed by atoms with E-state index in [9.17, 15) is 9.59 Å². The molecule has 0 aliphatic rings. The summed E-state index contributed by atoms with van der Waals surface area (Å²) in [5.74, 6) is 0.802. The first-order valence-electron chi connectivity index (χ1n) is 6.40. The number of rotatable bonds is 6. The Hall–Kier alpha value is -1.99. The van der Waals surface area contributed by atoms with Crippen LogP contribution in [0.15, 0.2) is 34.9 Å². The lowest BCUT2D eigenvalue weighted by atomic mass is 10.3. The van der Waals surface area contributed by atoms with Crippen molar-refractivity contribution >= 4 is 46.7 Å². The molecule has 0 radical (unpaired) electrons. The molecular formula is C14H14ClN3O3S. The monoisotopic (exact) mass is 339 g/mol. The molecule has 22 heavy (non-hydrogen) atoms. The molecule has 0 aliphatic heterocycles. The number of nitrogens with one attached hydrogen (secondary N) is 2. The van der Waals surface area contributed by atoms with Crippen LogP contribution in [-0.4, -0.2) is 28.5 Å². The SMILES string of the molecule is Cc1cc(NC(=O)CSCC(=O)Nc2ccccc2Cl)no1. The Morgan fingerprint density at radius 2 is 1.91 bits per heavy atom. The lowest BCUT2D eigenvalue weighted by Gasteiger charge is -2.06. The summed E-state index contributed by atoms with van der Waals surface area (Å²) in [6.07, 6.45) is 0. The Morgan fingerprint density at radius 3 is 2.55 bits per heavy atom. The summed E-state index contributed by atoms with van der Waals surface area (Å²) < 4.78 is 4.84. The molecule has 0 saturated carbocycles. The predicted molar refractivity (Wildman–Crippen MR) is 87.3 cm³/mol. The summed E-state index contributed by atoms with van der Waals surface area (Å²) in [4.78, 5) is 23.4. The van der Waals surface area contributed by atoms with Gasteiger partial charge in [0.25, 0.3) is 0 Å². The third kappa shape index (κ3) is 5.09. The molecule has 8 heteroatoms. The number of carbonyl (C=O) groups is 2. The molecule has 0 atom stereocenters. The van der Waals surface area contributed by atoms with Gasteiger partial charge in [0.2, 0.25) is 11.8 Å². The predicted octanol–water partition coefficient (Wildman–Crippen LogP) is 2.95. The van der Waals surface area contributed by atoms with Crippen LogP contribution in [0.25, 0.3) is 0 Å². The largest absolute Gasteiger partial charge is 0.360 e. The van der Waals surface area contributed by atoms with Gasteiger partial charge in [0, 0.05) is 6.07 Å². The standard InChI is InChI=1S/C14H14ClN3O3S/c1-9-6-12(18-21-9)17-14(20)8-22-7-13(19)16-11-5-3-2-4-10(11)15/h2-6H,7-8H2,1H3,(H,16,19)(H,17,18,20). The van der Waals surface area contributed by atoms with Crippen LogP contribution in [0.2, 0.25) is 5.02 Å². The second kappa shape index (κ2) is 7.86. The minimum Gasteiger partial charge on any atom is -0.360 e. The van der Waals surface area contributed by atoms with E-state index in [1.54, 1.807) is 37.3 Å². The molecule has 1 heterocycles. The van der Waals surface area contributed by atoms with Gasteiger partial charge in [-0.05, 0) is 19.1 Å². The molecule has 2 N–H and O–H groups in total. The molecule has 0 bridgehead atoms. The number of carbonyl (C=O) groups excluding carboxylic acids is 2. The Labute approximate surface area is 136 Å². The zero-order valence-corrected chi connectivity index (χ0v) is 13.3. The van der Waals surface area contributed by atoms with E-state index in [-0.39, 0.29) is 23.3 Å². The number of hydrogen-bond acceptors (Lipinski definition) is 5. The first-order chi connectivity index (χ1) is 10.5. The molecule has 1 aromatic heterocycles. The van der Waals surface area contributed by atoms with Crippen molar-refractivity contribution in [1.82, 2.24) is 5.16 Å². The summed E-state index contributed by atoms with van der Waals surface area (Å²) in [5.41, 5.74) is 0.553. The maximum Gasteiger partial charge on any atom is 0.235 e. The smallest absolute Gasteiger partial charge is 0.235 e. The second-order valence-electron chi connectivity index (χ2n) is 4.39. The maximum absolute atomic E-state index is 11.8. The number of hydrogen-bond donors (Lipinski definition) is 2. The van der Waals surface area contributed by atoms with Crippen molar-refractivity contribution < 1.29 is 14.1 Å². The number of para-hydroxylation sites is 1. The fraction of sp³-hybridized carbons (Fsp3) is 0.214. The average molecular weight is 340 g/mol. The minimum atomic E-state index is -0.246. The van der Waals surface area contributed by atoms with Crippen LogP contribution in [0.3, 0.4) is 0 Å². The Balaban J connectivity index is 1.70. The van der Waals surface area contributed by atoms with Gasteiger partial charge in [-0.1, -0.05) is 28.9 Å². The number of anilines is 2. The van der Waals surface area contributed by atoms with Crippen LogP contribution < -0.4 is 10.6 Å². The number of benzene rings is 1. The lowest BCUT2D eigenvalue weighted by Crippen LogP contribution is -2.18. The molecule has 6 nitrogen and oxygen atoms in total. The summed E-state index contributed by atoms with van der Waals surface area (Å²) >= 11 is 7.14. The Morgan fingerprint density at radius 1 is 1.23 bits per heavy atom. The molecule has 0 fully saturated rings. The highest BCUT2D eigenvalue weighted by Crippen LogP contribution is 2.20.